The third kappa shape index (κ3) is 7.66. The normalized spacial score (nSPS) is 19.2. The molecule has 0 radical (unpaired) electrons. The van der Waals surface area contributed by atoms with Crippen molar-refractivity contribution in [1.29, 1.82) is 0 Å². The van der Waals surface area contributed by atoms with Crippen molar-refractivity contribution in [2.24, 2.45) is 11.5 Å². The van der Waals surface area contributed by atoms with E-state index >= 15 is 0 Å². The fraction of sp³-hybridized carbons (Fsp3) is 0.517. The Balaban J connectivity index is 0.000000183. The standard InChI is InChI=1S/C14H18N4O3.C14H20N4O.CH4O/c15-14(19)12-9-11(3-4-13(12)18(20)21)17-7-5-16(6-8-17)10-1-2-10;15-13-4-3-11(9-12(13)14(16)19)18-7-5-17(6-8-18)10-1-2-10;1-2/h3-4,9-10H,1-2,5-8H2,(H2,15,19);3-4,9-10H,1-2,5-8,15H2,(H2,16,19);2H,1H3. The number of primary amides is 2. The van der Waals surface area contributed by atoms with E-state index in [1.54, 1.807) is 12.1 Å². The Bertz CT molecular complexity index is 1270. The van der Waals surface area contributed by atoms with Gasteiger partial charge >= 0.3 is 0 Å². The van der Waals surface area contributed by atoms with Gasteiger partial charge in [0, 0.05) is 94.7 Å². The second-order valence-electron chi connectivity index (χ2n) is 11.0. The van der Waals surface area contributed by atoms with Gasteiger partial charge in [-0.1, -0.05) is 0 Å². The number of hydrogen-bond acceptors (Lipinski definition) is 10. The molecule has 0 unspecified atom stereocenters. The van der Waals surface area contributed by atoms with Crippen LogP contribution in [0.25, 0.3) is 0 Å². The van der Waals surface area contributed by atoms with Gasteiger partial charge in [0.25, 0.3) is 17.5 Å². The van der Waals surface area contributed by atoms with E-state index in [2.05, 4.69) is 19.6 Å². The lowest BCUT2D eigenvalue weighted by Gasteiger charge is -2.36. The van der Waals surface area contributed by atoms with Crippen molar-refractivity contribution >= 4 is 34.6 Å². The average molecular weight is 583 g/mol. The fourth-order valence-electron chi connectivity index (χ4n) is 5.60. The van der Waals surface area contributed by atoms with E-state index in [9.17, 15) is 19.7 Å². The predicted molar refractivity (Wildman–Crippen MR) is 163 cm³/mol. The van der Waals surface area contributed by atoms with Gasteiger partial charge in [-0.25, -0.2) is 0 Å². The van der Waals surface area contributed by atoms with Crippen LogP contribution in [0.3, 0.4) is 0 Å². The minimum Gasteiger partial charge on any atom is -0.400 e. The summed E-state index contributed by atoms with van der Waals surface area (Å²) in [4.78, 5) is 42.6. The predicted octanol–water partition coefficient (Wildman–Crippen LogP) is 1.24. The Morgan fingerprint density at radius 2 is 1.14 bits per heavy atom. The molecule has 13 heteroatoms. The van der Waals surface area contributed by atoms with Crippen molar-refractivity contribution < 1.29 is 19.6 Å². The molecular weight excluding hydrogens is 540 g/mol. The Kier molecular flexibility index (Phi) is 10.2. The Morgan fingerprint density at radius 1 is 0.738 bits per heavy atom. The van der Waals surface area contributed by atoms with Gasteiger partial charge in [-0.05, 0) is 56.0 Å². The van der Waals surface area contributed by atoms with Crippen LogP contribution in [0.2, 0.25) is 0 Å². The number of carbonyl (C=O) groups excluding carboxylic acids is 2. The van der Waals surface area contributed by atoms with Crippen LogP contribution in [0.4, 0.5) is 22.7 Å². The maximum atomic E-state index is 11.4. The molecule has 2 aromatic carbocycles. The minimum absolute atomic E-state index is 0.0258. The molecule has 4 aliphatic rings. The number of anilines is 3. The quantitative estimate of drug-likeness (QED) is 0.210. The summed E-state index contributed by atoms with van der Waals surface area (Å²) in [6.07, 6.45) is 5.30. The van der Waals surface area contributed by atoms with Crippen LogP contribution in [0.5, 0.6) is 0 Å². The Hall–Kier alpha value is -3.94. The van der Waals surface area contributed by atoms with Crippen LogP contribution in [-0.2, 0) is 0 Å². The topological polar surface area (TPSA) is 189 Å². The highest BCUT2D eigenvalue weighted by Crippen LogP contribution is 2.31. The molecule has 42 heavy (non-hydrogen) atoms. The number of aliphatic hydroxyl groups excluding tert-OH is 1. The number of carbonyl (C=O) groups is 2. The Labute approximate surface area is 246 Å². The highest BCUT2D eigenvalue weighted by atomic mass is 16.6. The lowest BCUT2D eigenvalue weighted by molar-refractivity contribution is -0.385. The molecule has 2 aliphatic heterocycles. The summed E-state index contributed by atoms with van der Waals surface area (Å²) in [5.74, 6) is -1.23. The third-order valence-electron chi connectivity index (χ3n) is 8.23. The number of nitro groups is 1. The van der Waals surface area contributed by atoms with Crippen molar-refractivity contribution in [1.82, 2.24) is 9.80 Å². The van der Waals surface area contributed by atoms with Gasteiger partial charge in [0.1, 0.15) is 5.56 Å². The van der Waals surface area contributed by atoms with E-state index in [1.807, 2.05) is 12.1 Å². The summed E-state index contributed by atoms with van der Waals surface area (Å²) in [6, 6.07) is 11.7. The fourth-order valence-corrected chi connectivity index (χ4v) is 5.60. The zero-order valence-corrected chi connectivity index (χ0v) is 24.2. The van der Waals surface area contributed by atoms with Crippen molar-refractivity contribution in [2.75, 3.05) is 75.0 Å². The van der Waals surface area contributed by atoms with Crippen molar-refractivity contribution in [3.05, 3.63) is 57.6 Å². The molecule has 2 saturated carbocycles. The molecule has 13 nitrogen and oxygen atoms in total. The van der Waals surface area contributed by atoms with Crippen LogP contribution in [-0.4, -0.2) is 103 Å². The summed E-state index contributed by atoms with van der Waals surface area (Å²) in [5, 5.41) is 17.9. The Morgan fingerprint density at radius 3 is 1.52 bits per heavy atom. The molecule has 7 N–H and O–H groups in total. The van der Waals surface area contributed by atoms with Crippen molar-refractivity contribution in [2.45, 2.75) is 37.8 Å². The number of aliphatic hydroxyl groups is 1. The number of piperazine rings is 2. The number of nitro benzene ring substituents is 1. The van der Waals surface area contributed by atoms with Gasteiger partial charge < -0.3 is 32.1 Å². The van der Waals surface area contributed by atoms with Gasteiger partial charge in [-0.3, -0.25) is 29.5 Å². The second-order valence-corrected chi connectivity index (χ2v) is 11.0. The zero-order chi connectivity index (χ0) is 30.4. The number of nitrogens with two attached hydrogens (primary N) is 3. The summed E-state index contributed by atoms with van der Waals surface area (Å²) in [6.45, 7) is 7.92. The molecule has 2 aliphatic carbocycles. The summed E-state index contributed by atoms with van der Waals surface area (Å²) < 4.78 is 0. The van der Waals surface area contributed by atoms with E-state index in [1.165, 1.54) is 37.8 Å². The number of benzene rings is 2. The molecule has 6 rings (SSSR count). The zero-order valence-electron chi connectivity index (χ0n) is 24.2. The number of nitrogen functional groups attached to an aromatic ring is 1. The molecule has 2 amide bonds. The van der Waals surface area contributed by atoms with Crippen LogP contribution < -0.4 is 27.0 Å². The van der Waals surface area contributed by atoms with Gasteiger partial charge in [-0.2, -0.15) is 0 Å². The SMILES string of the molecule is CO.NC(=O)c1cc(N2CCN(C3CC3)CC2)ccc1N.NC(=O)c1cc(N2CCN(C3CC3)CC2)ccc1[N+](=O)[O-]. The first kappa shape index (κ1) is 31.0. The summed E-state index contributed by atoms with van der Waals surface area (Å²) in [7, 11) is 1.00. The number of rotatable bonds is 7. The number of nitrogens with zero attached hydrogens (tertiary/aromatic N) is 5. The molecule has 4 fully saturated rings. The molecule has 2 saturated heterocycles. The third-order valence-corrected chi connectivity index (χ3v) is 8.23. The van der Waals surface area contributed by atoms with E-state index in [-0.39, 0.29) is 11.3 Å². The monoisotopic (exact) mass is 582 g/mol. The van der Waals surface area contributed by atoms with Crippen LogP contribution in [0.1, 0.15) is 46.4 Å². The van der Waals surface area contributed by atoms with E-state index in [0.717, 1.165) is 82.9 Å². The minimum atomic E-state index is -0.764. The summed E-state index contributed by atoms with van der Waals surface area (Å²) in [5.41, 5.74) is 18.8. The van der Waals surface area contributed by atoms with Crippen molar-refractivity contribution in [3.8, 4) is 0 Å². The molecule has 2 heterocycles. The number of amides is 2. The summed E-state index contributed by atoms with van der Waals surface area (Å²) >= 11 is 0. The molecule has 0 spiro atoms. The molecule has 228 valence electrons. The van der Waals surface area contributed by atoms with Crippen LogP contribution in [0, 0.1) is 10.1 Å². The number of hydrogen-bond donors (Lipinski definition) is 4. The second kappa shape index (κ2) is 13.8. The highest BCUT2D eigenvalue weighted by molar-refractivity contribution is 5.99. The first-order valence-corrected chi connectivity index (χ1v) is 14.4. The van der Waals surface area contributed by atoms with E-state index in [4.69, 9.17) is 22.3 Å². The molecular formula is C29H42N8O5. The first-order valence-electron chi connectivity index (χ1n) is 14.4. The lowest BCUT2D eigenvalue weighted by atomic mass is 10.1. The van der Waals surface area contributed by atoms with E-state index < -0.39 is 16.7 Å². The molecule has 0 aromatic heterocycles. The van der Waals surface area contributed by atoms with Gasteiger partial charge in [0.15, 0.2) is 0 Å². The lowest BCUT2D eigenvalue weighted by Crippen LogP contribution is -2.47. The van der Waals surface area contributed by atoms with Crippen molar-refractivity contribution in [3.63, 3.8) is 0 Å². The smallest absolute Gasteiger partial charge is 0.282 e. The largest absolute Gasteiger partial charge is 0.400 e. The van der Waals surface area contributed by atoms with Gasteiger partial charge in [-0.15, -0.1) is 0 Å². The maximum absolute atomic E-state index is 11.4. The van der Waals surface area contributed by atoms with Crippen LogP contribution >= 0.6 is 0 Å². The van der Waals surface area contributed by atoms with Crippen LogP contribution in [0.15, 0.2) is 36.4 Å². The molecule has 0 bridgehead atoms. The first-order chi connectivity index (χ1) is 20.2. The molecule has 2 aromatic rings. The van der Waals surface area contributed by atoms with Gasteiger partial charge in [0.2, 0.25) is 0 Å². The molecule has 0 atom stereocenters. The maximum Gasteiger partial charge on any atom is 0.282 e. The average Bonchev–Trinajstić information content (AvgIpc) is 3.92. The van der Waals surface area contributed by atoms with Gasteiger partial charge in [0.05, 0.1) is 10.5 Å². The highest BCUT2D eigenvalue weighted by Gasteiger charge is 2.32. The van der Waals surface area contributed by atoms with E-state index in [0.29, 0.717) is 11.3 Å².